The molecule has 4 nitrogen and oxygen atoms in total. The zero-order valence-electron chi connectivity index (χ0n) is 16.9. The first kappa shape index (κ1) is 21.0. The van der Waals surface area contributed by atoms with Crippen LogP contribution in [0.5, 0.6) is 5.75 Å². The number of halogens is 3. The van der Waals surface area contributed by atoms with E-state index in [4.69, 9.17) is 9.47 Å². The Morgan fingerprint density at radius 1 is 1.17 bits per heavy atom. The van der Waals surface area contributed by atoms with E-state index in [0.717, 1.165) is 33.0 Å². The summed E-state index contributed by atoms with van der Waals surface area (Å²) in [6.45, 7) is 3.62. The molecule has 0 N–H and O–H groups in total. The molecule has 162 valence electrons. The normalized spacial score (nSPS) is 25.6. The molecule has 4 rings (SSSR count). The molecular weight excluding hydrogens is 395 g/mol. The lowest BCUT2D eigenvalue weighted by molar-refractivity contribution is -0.189. The van der Waals surface area contributed by atoms with Crippen LogP contribution in [0, 0.1) is 17.8 Å². The van der Waals surface area contributed by atoms with Crippen LogP contribution >= 0.6 is 0 Å². The summed E-state index contributed by atoms with van der Waals surface area (Å²) in [7, 11) is 0. The molecule has 0 spiro atoms. The third-order valence-corrected chi connectivity index (χ3v) is 6.22. The maximum absolute atomic E-state index is 13.1. The number of ether oxygens (including phenoxy) is 2. The maximum atomic E-state index is 13.1. The summed E-state index contributed by atoms with van der Waals surface area (Å²) >= 11 is 0. The molecule has 3 aliphatic rings. The molecule has 0 radical (unpaired) electrons. The summed E-state index contributed by atoms with van der Waals surface area (Å²) in [5.41, 5.74) is 1.49. The van der Waals surface area contributed by atoms with Crippen LogP contribution < -0.4 is 4.74 Å². The van der Waals surface area contributed by atoms with Gasteiger partial charge in [0.15, 0.2) is 6.10 Å². The van der Waals surface area contributed by atoms with Gasteiger partial charge in [0.1, 0.15) is 5.75 Å². The summed E-state index contributed by atoms with van der Waals surface area (Å²) in [5, 5.41) is 0. The highest BCUT2D eigenvalue weighted by molar-refractivity contribution is 5.97. The summed E-state index contributed by atoms with van der Waals surface area (Å²) in [6, 6.07) is 6.17. The van der Waals surface area contributed by atoms with Gasteiger partial charge in [-0.15, -0.1) is 0 Å². The van der Waals surface area contributed by atoms with E-state index in [2.05, 4.69) is 18.2 Å². The number of allylic oxidation sites excluding steroid dienone is 2. The molecule has 0 saturated carbocycles. The molecule has 2 fully saturated rings. The van der Waals surface area contributed by atoms with Crippen molar-refractivity contribution in [2.75, 3.05) is 26.3 Å². The second-order valence-corrected chi connectivity index (χ2v) is 8.25. The highest BCUT2D eigenvalue weighted by atomic mass is 19.4. The van der Waals surface area contributed by atoms with Gasteiger partial charge in [-0.3, -0.25) is 4.79 Å². The predicted octanol–water partition coefficient (Wildman–Crippen LogP) is 4.63. The van der Waals surface area contributed by atoms with Gasteiger partial charge in [-0.25, -0.2) is 0 Å². The van der Waals surface area contributed by atoms with E-state index in [0.29, 0.717) is 19.0 Å². The summed E-state index contributed by atoms with van der Waals surface area (Å²) in [4.78, 5) is 14.9. The average Bonchev–Trinajstić information content (AvgIpc) is 3.17. The zero-order valence-corrected chi connectivity index (χ0v) is 16.9. The van der Waals surface area contributed by atoms with Gasteiger partial charge < -0.3 is 14.4 Å². The SMILES string of the molecule is C[C@H](Oc1ccccc1C(=O)N1CC2C=CC(C3CCOCC3)=CC2C1)C(F)(F)F. The van der Waals surface area contributed by atoms with E-state index in [9.17, 15) is 18.0 Å². The van der Waals surface area contributed by atoms with Gasteiger partial charge in [0.2, 0.25) is 0 Å². The highest BCUT2D eigenvalue weighted by Crippen LogP contribution is 2.36. The molecular formula is C23H26F3NO3. The van der Waals surface area contributed by atoms with Crippen molar-refractivity contribution in [2.24, 2.45) is 17.8 Å². The van der Waals surface area contributed by atoms with Crippen molar-refractivity contribution < 1.29 is 27.4 Å². The Balaban J connectivity index is 1.47. The monoisotopic (exact) mass is 421 g/mol. The van der Waals surface area contributed by atoms with Crippen molar-refractivity contribution in [3.8, 4) is 5.75 Å². The Bertz CT molecular complexity index is 842. The van der Waals surface area contributed by atoms with E-state index in [1.807, 2.05) is 0 Å². The van der Waals surface area contributed by atoms with Crippen molar-refractivity contribution >= 4 is 5.91 Å². The van der Waals surface area contributed by atoms with Gasteiger partial charge in [-0.05, 0) is 43.4 Å². The van der Waals surface area contributed by atoms with Crippen LogP contribution in [0.3, 0.4) is 0 Å². The smallest absolute Gasteiger partial charge is 0.425 e. The molecule has 0 bridgehead atoms. The standard InChI is InChI=1S/C23H26F3NO3/c1-15(23(24,25)26)30-21-5-3-2-4-20(21)22(28)27-13-18-7-6-17(12-19(18)14-27)16-8-10-29-11-9-16/h2-7,12,15-16,18-19H,8-11,13-14H2,1H3/t15-,18?,19?/m0/s1. The van der Waals surface area contributed by atoms with Crippen molar-refractivity contribution in [1.29, 1.82) is 0 Å². The fraction of sp³-hybridized carbons (Fsp3) is 0.522. The van der Waals surface area contributed by atoms with E-state index < -0.39 is 12.3 Å². The summed E-state index contributed by atoms with van der Waals surface area (Å²) < 4.78 is 49.3. The van der Waals surface area contributed by atoms with Crippen LogP contribution in [-0.2, 0) is 4.74 Å². The Kier molecular flexibility index (Phi) is 5.91. The van der Waals surface area contributed by atoms with E-state index >= 15 is 0 Å². The minimum Gasteiger partial charge on any atom is -0.480 e. The molecule has 3 atom stereocenters. The number of hydrogen-bond acceptors (Lipinski definition) is 3. The van der Waals surface area contributed by atoms with Crippen LogP contribution in [0.1, 0.15) is 30.1 Å². The number of para-hydroxylation sites is 1. The Morgan fingerprint density at radius 3 is 2.60 bits per heavy atom. The lowest BCUT2D eigenvalue weighted by Gasteiger charge is -2.27. The largest absolute Gasteiger partial charge is 0.480 e. The number of hydrogen-bond donors (Lipinski definition) is 0. The molecule has 7 heteroatoms. The molecule has 2 unspecified atom stereocenters. The van der Waals surface area contributed by atoms with E-state index in [-0.39, 0.29) is 29.1 Å². The topological polar surface area (TPSA) is 38.8 Å². The Hall–Kier alpha value is -2.28. The van der Waals surface area contributed by atoms with Gasteiger partial charge in [0.05, 0.1) is 5.56 Å². The molecule has 0 aromatic heterocycles. The number of rotatable bonds is 4. The highest BCUT2D eigenvalue weighted by Gasteiger charge is 2.40. The molecule has 2 aliphatic heterocycles. The maximum Gasteiger partial charge on any atom is 0.425 e. The number of carbonyl (C=O) groups excluding carboxylic acids is 1. The second-order valence-electron chi connectivity index (χ2n) is 8.25. The van der Waals surface area contributed by atoms with Crippen LogP contribution in [-0.4, -0.2) is 49.4 Å². The third-order valence-electron chi connectivity index (χ3n) is 6.22. The van der Waals surface area contributed by atoms with Crippen LogP contribution in [0.4, 0.5) is 13.2 Å². The first-order valence-electron chi connectivity index (χ1n) is 10.4. The number of fused-ring (bicyclic) bond motifs is 1. The number of nitrogens with zero attached hydrogens (tertiary/aromatic N) is 1. The van der Waals surface area contributed by atoms with Crippen LogP contribution in [0.25, 0.3) is 0 Å². The lowest BCUT2D eigenvalue weighted by atomic mass is 9.82. The minimum absolute atomic E-state index is 0.0313. The molecule has 1 amide bonds. The minimum atomic E-state index is -4.49. The number of alkyl halides is 3. The third kappa shape index (κ3) is 4.41. The summed E-state index contributed by atoms with van der Waals surface area (Å²) in [6.07, 6.45) is 2.18. The Labute approximate surface area is 174 Å². The lowest BCUT2D eigenvalue weighted by Crippen LogP contribution is -2.33. The second kappa shape index (κ2) is 8.46. The van der Waals surface area contributed by atoms with Gasteiger partial charge >= 0.3 is 6.18 Å². The first-order valence-corrected chi connectivity index (χ1v) is 10.4. The van der Waals surface area contributed by atoms with Crippen molar-refractivity contribution in [3.05, 3.63) is 53.6 Å². The summed E-state index contributed by atoms with van der Waals surface area (Å²) in [5.74, 6) is 0.650. The molecule has 1 aromatic carbocycles. The van der Waals surface area contributed by atoms with Crippen molar-refractivity contribution in [3.63, 3.8) is 0 Å². The number of carbonyl (C=O) groups is 1. The van der Waals surface area contributed by atoms with Gasteiger partial charge in [0, 0.05) is 38.1 Å². The number of benzene rings is 1. The quantitative estimate of drug-likeness (QED) is 0.712. The molecule has 30 heavy (non-hydrogen) atoms. The first-order chi connectivity index (χ1) is 14.3. The fourth-order valence-corrected chi connectivity index (χ4v) is 4.41. The van der Waals surface area contributed by atoms with Crippen molar-refractivity contribution in [2.45, 2.75) is 32.0 Å². The molecule has 1 aliphatic carbocycles. The molecule has 2 heterocycles. The molecule has 1 aromatic rings. The average molecular weight is 421 g/mol. The molecule has 2 saturated heterocycles. The van der Waals surface area contributed by atoms with Crippen molar-refractivity contribution in [1.82, 2.24) is 4.90 Å². The van der Waals surface area contributed by atoms with Gasteiger partial charge in [-0.1, -0.05) is 30.4 Å². The zero-order chi connectivity index (χ0) is 21.3. The fourth-order valence-electron chi connectivity index (χ4n) is 4.41. The Morgan fingerprint density at radius 2 is 1.87 bits per heavy atom. The number of amides is 1. The van der Waals surface area contributed by atoms with E-state index in [1.54, 1.807) is 17.0 Å². The number of likely N-dealkylation sites (tertiary alicyclic amines) is 1. The van der Waals surface area contributed by atoms with Crippen LogP contribution in [0.2, 0.25) is 0 Å². The van der Waals surface area contributed by atoms with E-state index in [1.165, 1.54) is 17.7 Å². The van der Waals surface area contributed by atoms with Gasteiger partial charge in [0.25, 0.3) is 5.91 Å². The van der Waals surface area contributed by atoms with Crippen LogP contribution in [0.15, 0.2) is 48.1 Å². The van der Waals surface area contributed by atoms with Gasteiger partial charge in [-0.2, -0.15) is 13.2 Å². The predicted molar refractivity (Wildman–Crippen MR) is 106 cm³/mol.